The van der Waals surface area contributed by atoms with Crippen LogP contribution in [0.15, 0.2) is 22.7 Å². The number of rotatable bonds is 4. The Morgan fingerprint density at radius 2 is 2.31 bits per heavy atom. The normalized spacial score (nSPS) is 28.1. The van der Waals surface area contributed by atoms with Crippen molar-refractivity contribution in [2.24, 2.45) is 5.92 Å². The Kier molecular flexibility index (Phi) is 3.62. The van der Waals surface area contributed by atoms with Crippen molar-refractivity contribution in [1.29, 1.82) is 0 Å². The molecule has 0 radical (unpaired) electrons. The molecule has 1 aliphatic rings. The topological polar surface area (TPSA) is 12.0 Å². The first kappa shape index (κ1) is 12.4. The fraction of sp³-hybridized carbons (Fsp3) is 0.538. The molecule has 0 aromatic heterocycles. The van der Waals surface area contributed by atoms with E-state index in [1.807, 2.05) is 6.07 Å². The molecule has 1 saturated carbocycles. The second-order valence-electron chi connectivity index (χ2n) is 4.75. The highest BCUT2D eigenvalue weighted by molar-refractivity contribution is 9.10. The van der Waals surface area contributed by atoms with Gasteiger partial charge in [-0.05, 0) is 48.5 Å². The molecule has 1 aromatic carbocycles. The zero-order chi connectivity index (χ0) is 11.8. The van der Waals surface area contributed by atoms with E-state index in [0.29, 0.717) is 0 Å². The van der Waals surface area contributed by atoms with Crippen molar-refractivity contribution in [3.63, 3.8) is 0 Å². The van der Waals surface area contributed by atoms with Crippen molar-refractivity contribution >= 4 is 27.5 Å². The maximum absolute atomic E-state index is 6.30. The molecule has 2 atom stereocenters. The van der Waals surface area contributed by atoms with Crippen LogP contribution in [0.25, 0.3) is 0 Å². The average molecular weight is 303 g/mol. The van der Waals surface area contributed by atoms with Crippen molar-refractivity contribution in [2.45, 2.75) is 25.7 Å². The lowest BCUT2D eigenvalue weighted by molar-refractivity contribution is 0.591. The van der Waals surface area contributed by atoms with Crippen LogP contribution in [-0.2, 0) is 5.41 Å². The Morgan fingerprint density at radius 3 is 2.94 bits per heavy atom. The van der Waals surface area contributed by atoms with Gasteiger partial charge in [0.1, 0.15) is 0 Å². The molecule has 0 heterocycles. The van der Waals surface area contributed by atoms with Crippen molar-refractivity contribution in [1.82, 2.24) is 5.32 Å². The molecular formula is C13H17BrClN. The molecule has 0 bridgehead atoms. The molecule has 3 heteroatoms. The van der Waals surface area contributed by atoms with Gasteiger partial charge in [0, 0.05) is 9.50 Å². The minimum atomic E-state index is 0.278. The minimum Gasteiger partial charge on any atom is -0.317 e. The minimum absolute atomic E-state index is 0.278. The van der Waals surface area contributed by atoms with Gasteiger partial charge in [0.15, 0.2) is 0 Å². The highest BCUT2D eigenvalue weighted by atomic mass is 79.9. The van der Waals surface area contributed by atoms with Crippen LogP contribution in [0.5, 0.6) is 0 Å². The standard InChI is InChI=1S/C13H17BrClN/c1-3-16-8-9-7-13(9,2)11-5-4-10(14)6-12(11)15/h4-6,9,16H,3,7-8H2,1-2H3. The van der Waals surface area contributed by atoms with Crippen LogP contribution in [0.4, 0.5) is 0 Å². The van der Waals surface area contributed by atoms with Gasteiger partial charge in [-0.2, -0.15) is 0 Å². The molecule has 0 spiro atoms. The van der Waals surface area contributed by atoms with Gasteiger partial charge in [-0.25, -0.2) is 0 Å². The molecule has 88 valence electrons. The second kappa shape index (κ2) is 4.67. The fourth-order valence-electron chi connectivity index (χ4n) is 2.35. The Bertz CT molecular complexity index is 394. The molecule has 16 heavy (non-hydrogen) atoms. The monoisotopic (exact) mass is 301 g/mol. The van der Waals surface area contributed by atoms with Gasteiger partial charge in [0.2, 0.25) is 0 Å². The first-order chi connectivity index (χ1) is 7.58. The van der Waals surface area contributed by atoms with Gasteiger partial charge < -0.3 is 5.32 Å². The third-order valence-corrected chi connectivity index (χ3v) is 4.40. The highest BCUT2D eigenvalue weighted by Gasteiger charge is 2.51. The number of hydrogen-bond donors (Lipinski definition) is 1. The summed E-state index contributed by atoms with van der Waals surface area (Å²) in [7, 11) is 0. The van der Waals surface area contributed by atoms with E-state index >= 15 is 0 Å². The third-order valence-electron chi connectivity index (χ3n) is 3.60. The van der Waals surface area contributed by atoms with Gasteiger partial charge in [-0.15, -0.1) is 0 Å². The molecule has 1 N–H and O–H groups in total. The van der Waals surface area contributed by atoms with Crippen LogP contribution in [0.1, 0.15) is 25.8 Å². The van der Waals surface area contributed by atoms with E-state index in [-0.39, 0.29) is 5.41 Å². The van der Waals surface area contributed by atoms with E-state index in [4.69, 9.17) is 11.6 Å². The number of hydrogen-bond acceptors (Lipinski definition) is 1. The van der Waals surface area contributed by atoms with Crippen LogP contribution >= 0.6 is 27.5 Å². The lowest BCUT2D eigenvalue weighted by Crippen LogP contribution is -2.19. The van der Waals surface area contributed by atoms with Gasteiger partial charge in [-0.3, -0.25) is 0 Å². The van der Waals surface area contributed by atoms with E-state index in [9.17, 15) is 0 Å². The van der Waals surface area contributed by atoms with Crippen LogP contribution < -0.4 is 5.32 Å². The van der Waals surface area contributed by atoms with E-state index < -0.39 is 0 Å². The van der Waals surface area contributed by atoms with Gasteiger partial charge in [-0.1, -0.05) is 47.4 Å². The maximum atomic E-state index is 6.30. The summed E-state index contributed by atoms with van der Waals surface area (Å²) in [6.45, 7) is 6.59. The van der Waals surface area contributed by atoms with E-state index in [1.165, 1.54) is 12.0 Å². The first-order valence-electron chi connectivity index (χ1n) is 5.74. The van der Waals surface area contributed by atoms with E-state index in [1.54, 1.807) is 0 Å². The molecule has 0 aliphatic heterocycles. The average Bonchev–Trinajstić information content (AvgIpc) is 2.87. The molecular weight excluding hydrogens is 286 g/mol. The maximum Gasteiger partial charge on any atom is 0.0454 e. The van der Waals surface area contributed by atoms with Crippen molar-refractivity contribution in [3.05, 3.63) is 33.3 Å². The fourth-order valence-corrected chi connectivity index (χ4v) is 3.24. The molecule has 1 aliphatic carbocycles. The molecule has 2 rings (SSSR count). The number of nitrogens with one attached hydrogen (secondary N) is 1. The summed E-state index contributed by atoms with van der Waals surface area (Å²) in [4.78, 5) is 0. The smallest absolute Gasteiger partial charge is 0.0454 e. The summed E-state index contributed by atoms with van der Waals surface area (Å²) in [5, 5.41) is 4.30. The summed E-state index contributed by atoms with van der Waals surface area (Å²) in [6, 6.07) is 6.22. The van der Waals surface area contributed by atoms with Gasteiger partial charge >= 0.3 is 0 Å². The molecule has 0 saturated heterocycles. The molecule has 1 fully saturated rings. The Balaban J connectivity index is 2.13. The number of halogens is 2. The third kappa shape index (κ3) is 2.29. The van der Waals surface area contributed by atoms with Crippen molar-refractivity contribution < 1.29 is 0 Å². The first-order valence-corrected chi connectivity index (χ1v) is 6.91. The zero-order valence-corrected chi connectivity index (χ0v) is 12.0. The molecule has 1 nitrogen and oxygen atoms in total. The predicted octanol–water partition coefficient (Wildman–Crippen LogP) is 3.99. The highest BCUT2D eigenvalue weighted by Crippen LogP contribution is 2.55. The van der Waals surface area contributed by atoms with Crippen LogP contribution in [0.2, 0.25) is 5.02 Å². The summed E-state index contributed by atoms with van der Waals surface area (Å²) in [6.07, 6.45) is 1.24. The van der Waals surface area contributed by atoms with Crippen LogP contribution in [0.3, 0.4) is 0 Å². The molecule has 0 amide bonds. The molecule has 1 aromatic rings. The van der Waals surface area contributed by atoms with Crippen LogP contribution in [0, 0.1) is 5.92 Å². The Morgan fingerprint density at radius 1 is 1.56 bits per heavy atom. The van der Waals surface area contributed by atoms with E-state index in [0.717, 1.165) is 28.5 Å². The summed E-state index contributed by atoms with van der Waals surface area (Å²) in [5.74, 6) is 0.728. The zero-order valence-electron chi connectivity index (χ0n) is 9.69. The van der Waals surface area contributed by atoms with Crippen molar-refractivity contribution in [3.8, 4) is 0 Å². The van der Waals surface area contributed by atoms with Gasteiger partial charge in [0.25, 0.3) is 0 Å². The predicted molar refractivity (Wildman–Crippen MR) is 73.2 cm³/mol. The SMILES string of the molecule is CCNCC1CC1(C)c1ccc(Br)cc1Cl. The number of benzene rings is 1. The second-order valence-corrected chi connectivity index (χ2v) is 6.07. The largest absolute Gasteiger partial charge is 0.317 e. The Hall–Kier alpha value is -0.0500. The quantitative estimate of drug-likeness (QED) is 0.887. The van der Waals surface area contributed by atoms with Gasteiger partial charge in [0.05, 0.1) is 0 Å². The Labute approximate surface area is 111 Å². The van der Waals surface area contributed by atoms with Crippen molar-refractivity contribution in [2.75, 3.05) is 13.1 Å². The summed E-state index contributed by atoms with van der Waals surface area (Å²) >= 11 is 9.75. The summed E-state index contributed by atoms with van der Waals surface area (Å²) in [5.41, 5.74) is 1.57. The summed E-state index contributed by atoms with van der Waals surface area (Å²) < 4.78 is 1.05. The lowest BCUT2D eigenvalue weighted by Gasteiger charge is -2.14. The molecule has 2 unspecified atom stereocenters. The van der Waals surface area contributed by atoms with Crippen LogP contribution in [-0.4, -0.2) is 13.1 Å². The van der Waals surface area contributed by atoms with E-state index in [2.05, 4.69) is 47.2 Å². The lowest BCUT2D eigenvalue weighted by atomic mass is 9.95.